The van der Waals surface area contributed by atoms with E-state index in [1.807, 2.05) is 0 Å². The van der Waals surface area contributed by atoms with Crippen LogP contribution in [0.4, 0.5) is 4.79 Å². The molecule has 1 saturated heterocycles. The summed E-state index contributed by atoms with van der Waals surface area (Å²) in [6, 6.07) is 10.8. The molecule has 3 aliphatic heterocycles. The van der Waals surface area contributed by atoms with Crippen molar-refractivity contribution in [3.63, 3.8) is 0 Å². The highest BCUT2D eigenvalue weighted by Crippen LogP contribution is 2.66. The second-order valence-corrected chi connectivity index (χ2v) is 16.1. The lowest BCUT2D eigenvalue weighted by Gasteiger charge is -2.36. The quantitative estimate of drug-likeness (QED) is 0.226. The van der Waals surface area contributed by atoms with E-state index in [-0.39, 0.29) is 5.56 Å². The van der Waals surface area contributed by atoms with Gasteiger partial charge >= 0.3 is 6.03 Å². The minimum absolute atomic E-state index is 0.267. The molecule has 2 aromatic rings. The number of phosphoric ester groups is 2. The third-order valence-electron chi connectivity index (χ3n) is 6.57. The molecule has 3 N–H and O–H groups in total. The van der Waals surface area contributed by atoms with Crippen molar-refractivity contribution < 1.29 is 84.3 Å². The summed E-state index contributed by atoms with van der Waals surface area (Å²) in [5.41, 5.74) is 0.725. The van der Waals surface area contributed by atoms with Crippen LogP contribution in [0, 0.1) is 0 Å². The van der Waals surface area contributed by atoms with Crippen molar-refractivity contribution >= 4 is 48.1 Å². The molecule has 0 aliphatic carbocycles. The van der Waals surface area contributed by atoms with E-state index in [4.69, 9.17) is 9.47 Å². The third-order valence-corrected chi connectivity index (χ3v) is 12.3. The summed E-state index contributed by atoms with van der Waals surface area (Å²) in [6.07, 6.45) is -4.93. The van der Waals surface area contributed by atoms with Crippen molar-refractivity contribution in [2.24, 2.45) is 0 Å². The Labute approximate surface area is 265 Å². The number of carbonyl (C=O) groups excluding carboxylic acids is 1. The topological polar surface area (TPSA) is 298 Å². The summed E-state index contributed by atoms with van der Waals surface area (Å²) in [4.78, 5) is 61.6. The molecule has 0 radical (unpaired) electrons. The first-order valence-corrected chi connectivity index (χ1v) is 19.0. The van der Waals surface area contributed by atoms with Crippen LogP contribution in [0.5, 0.6) is 0 Å². The van der Waals surface area contributed by atoms with Gasteiger partial charge in [-0.1, -0.05) is 36.4 Å². The Hall–Kier alpha value is -2.31. The van der Waals surface area contributed by atoms with Crippen LogP contribution in [0.3, 0.4) is 0 Å². The number of urea groups is 1. The molecule has 0 bridgehead atoms. The van der Waals surface area contributed by atoms with Gasteiger partial charge in [-0.3, -0.25) is 28.5 Å². The second kappa shape index (κ2) is 13.5. The molecule has 3 aliphatic rings. The highest BCUT2D eigenvalue weighted by molar-refractivity contribution is 7.68. The van der Waals surface area contributed by atoms with E-state index in [1.54, 1.807) is 43.3 Å². The zero-order valence-corrected chi connectivity index (χ0v) is 27.2. The summed E-state index contributed by atoms with van der Waals surface area (Å²) in [5.74, 6) is 0.473. The number of hydrogen-bond acceptors (Lipinski definition) is 18. The molecular weight excluding hydrogens is 716 g/mol. The Bertz CT molecular complexity index is 1800. The minimum atomic E-state index is -6.48. The van der Waals surface area contributed by atoms with Gasteiger partial charge in [0.1, 0.15) is 18.3 Å². The van der Waals surface area contributed by atoms with Crippen LogP contribution in [-0.2, 0) is 56.3 Å². The van der Waals surface area contributed by atoms with Crippen molar-refractivity contribution in [3.8, 4) is 0 Å². The van der Waals surface area contributed by atoms with Crippen molar-refractivity contribution in [1.82, 2.24) is 10.2 Å². The van der Waals surface area contributed by atoms with E-state index >= 15 is 0 Å². The zero-order chi connectivity index (χ0) is 34.4. The lowest BCUT2D eigenvalue weighted by atomic mass is 10.1. The first-order chi connectivity index (χ1) is 21.8. The average Bonchev–Trinajstić information content (AvgIpc) is 3.45. The number of ether oxygens (including phenoxy) is 2. The lowest BCUT2D eigenvalue weighted by Crippen LogP contribution is -2.54. The number of aliphatic hydroxyl groups is 2. The van der Waals surface area contributed by atoms with Gasteiger partial charge in [0.25, 0.3) is 31.3 Å². The molecule has 9 atom stereocenters. The van der Waals surface area contributed by atoms with Gasteiger partial charge in [0.2, 0.25) is 6.23 Å². The lowest BCUT2D eigenvalue weighted by molar-refractivity contribution is -0.255. The van der Waals surface area contributed by atoms with E-state index in [2.05, 4.69) is 27.3 Å². The Morgan fingerprint density at radius 2 is 1.49 bits per heavy atom. The fraction of sp³-hybridized carbons (Fsp3) is 0.348. The van der Waals surface area contributed by atoms with Crippen molar-refractivity contribution in [2.45, 2.75) is 44.3 Å². The van der Waals surface area contributed by atoms with Crippen LogP contribution in [0.25, 0.3) is 10.8 Å². The van der Waals surface area contributed by atoms with Gasteiger partial charge in [-0.2, -0.15) is 0 Å². The largest absolute Gasteiger partial charge is 0.756 e. The van der Waals surface area contributed by atoms with Gasteiger partial charge in [0.05, 0.1) is 19.0 Å². The summed E-state index contributed by atoms with van der Waals surface area (Å²) >= 11 is 0. The molecule has 5 rings (SSSR count). The Kier molecular flexibility index (Phi) is 10.4. The number of benzene rings is 2. The number of allylic oxidation sites excluding steroid dienone is 1. The first-order valence-electron chi connectivity index (χ1n) is 13.1. The number of nitrogens with one attached hydrogen (secondary N) is 1. The van der Waals surface area contributed by atoms with Crippen LogP contribution < -0.4 is 24.9 Å². The highest BCUT2D eigenvalue weighted by Gasteiger charge is 2.48. The molecule has 2 aromatic carbocycles. The SMILES string of the molecule is CC1=CC2=CN([C@@H]3O[C@H](COP(=O)([O-])OP(=O)([O-])OP(=O)([O-])OP(=O)([O-])OCc4ccc5ccccc5c4)C(O)[C@@H]3O)C(=O)NC2O1. The summed E-state index contributed by atoms with van der Waals surface area (Å²) in [7, 11) is -24.7. The van der Waals surface area contributed by atoms with Gasteiger partial charge in [0.15, 0.2) is 6.23 Å². The molecule has 258 valence electrons. The zero-order valence-electron chi connectivity index (χ0n) is 23.7. The predicted molar refractivity (Wildman–Crippen MR) is 146 cm³/mol. The highest BCUT2D eigenvalue weighted by atomic mass is 31.3. The molecule has 6 unspecified atom stereocenters. The van der Waals surface area contributed by atoms with Gasteiger partial charge in [-0.15, -0.1) is 0 Å². The predicted octanol–water partition coefficient (Wildman–Crippen LogP) is -0.0877. The molecule has 47 heavy (non-hydrogen) atoms. The van der Waals surface area contributed by atoms with Crippen LogP contribution >= 0.6 is 31.3 Å². The normalized spacial score (nSPS) is 29.4. The summed E-state index contributed by atoms with van der Waals surface area (Å²) < 4.78 is 78.6. The van der Waals surface area contributed by atoms with Gasteiger partial charge in [0, 0.05) is 11.8 Å². The van der Waals surface area contributed by atoms with E-state index in [0.717, 1.165) is 10.3 Å². The number of hydrogen-bond donors (Lipinski definition) is 3. The summed E-state index contributed by atoms with van der Waals surface area (Å²) in [5, 5.41) is 24.7. The van der Waals surface area contributed by atoms with E-state index < -0.39 is 81.3 Å². The molecule has 1 fully saturated rings. The smallest absolute Gasteiger partial charge is 0.326 e. The number of phosphoric acid groups is 4. The van der Waals surface area contributed by atoms with Gasteiger partial charge < -0.3 is 48.3 Å². The van der Waals surface area contributed by atoms with Gasteiger partial charge in [-0.05, 0) is 35.4 Å². The number of nitrogens with zero attached hydrogens (tertiary/aromatic N) is 1. The van der Waals surface area contributed by atoms with E-state index in [9.17, 15) is 52.8 Å². The maximum Gasteiger partial charge on any atom is 0.326 e. The Balaban J connectivity index is 1.14. The first kappa shape index (κ1) is 36.0. The molecule has 24 heteroatoms. The van der Waals surface area contributed by atoms with Crippen LogP contribution in [0.15, 0.2) is 66.1 Å². The molecule has 2 amide bonds. The van der Waals surface area contributed by atoms with Crippen LogP contribution in [0.2, 0.25) is 0 Å². The fourth-order valence-electron chi connectivity index (χ4n) is 4.60. The van der Waals surface area contributed by atoms with Crippen molar-refractivity contribution in [1.29, 1.82) is 0 Å². The minimum Gasteiger partial charge on any atom is -0.756 e. The fourth-order valence-corrected chi connectivity index (χ4v) is 9.33. The second-order valence-electron chi connectivity index (χ2n) is 10.1. The molecular formula is C23H24N2O18P4-4. The van der Waals surface area contributed by atoms with Crippen LogP contribution in [0.1, 0.15) is 12.5 Å². The average molecular weight is 740 g/mol. The third kappa shape index (κ3) is 9.03. The number of carbonyl (C=O) groups is 1. The van der Waals surface area contributed by atoms with Crippen LogP contribution in [-0.4, -0.2) is 58.5 Å². The number of fused-ring (bicyclic) bond motifs is 2. The maximum atomic E-state index is 12.5. The van der Waals surface area contributed by atoms with Gasteiger partial charge in [-0.25, -0.2) is 17.7 Å². The molecule has 0 spiro atoms. The Morgan fingerprint density at radius 1 is 0.872 bits per heavy atom. The summed E-state index contributed by atoms with van der Waals surface area (Å²) in [6.45, 7) is -0.316. The molecule has 0 aromatic heterocycles. The number of rotatable bonds is 13. The maximum absolute atomic E-state index is 12.5. The van der Waals surface area contributed by atoms with Crippen molar-refractivity contribution in [2.75, 3.05) is 6.61 Å². The Morgan fingerprint density at radius 3 is 2.17 bits per heavy atom. The number of aliphatic hydroxyl groups excluding tert-OH is 2. The standard InChI is InChI=1S/C23H28N2O18P4/c1-13-8-17-10-25(23(28)24-21(17)39-13)22-20(27)19(26)18(40-22)12-38-45(31,32)42-47(35,36)43-46(33,34)41-44(29,30)37-11-14-6-7-15-4-2-3-5-16(15)9-14/h2-10,18-22,26-27H,11-12H2,1H3,(H,24,28)(H,29,30)(H,31,32)(H,33,34)(H,35,36)/p-4/t18-,19?,20+,21?,22-/m1/s1. The van der Waals surface area contributed by atoms with E-state index in [1.165, 1.54) is 18.3 Å². The molecule has 20 nitrogen and oxygen atoms in total. The molecule has 0 saturated carbocycles. The van der Waals surface area contributed by atoms with E-state index in [0.29, 0.717) is 16.7 Å². The monoisotopic (exact) mass is 740 g/mol. The number of amides is 2. The van der Waals surface area contributed by atoms with Crippen molar-refractivity contribution in [3.05, 3.63) is 71.6 Å². The molecule has 3 heterocycles.